The van der Waals surface area contributed by atoms with Crippen LogP contribution in [0.25, 0.3) is 0 Å². The molecule has 2 heteroatoms. The fourth-order valence-corrected chi connectivity index (χ4v) is 2.67. The van der Waals surface area contributed by atoms with Gasteiger partial charge in [-0.25, -0.2) is 4.79 Å². The molecular formula is C16H20O2. The van der Waals surface area contributed by atoms with E-state index in [0.717, 1.165) is 6.42 Å². The molecule has 1 aliphatic rings. The molecule has 0 aliphatic heterocycles. The Morgan fingerprint density at radius 2 is 2.22 bits per heavy atom. The minimum absolute atomic E-state index is 0.133. The number of hydrogen-bond acceptors (Lipinski definition) is 2. The van der Waals surface area contributed by atoms with Crippen molar-refractivity contribution in [3.63, 3.8) is 0 Å². The number of carbonyl (C=O) groups is 1. The lowest BCUT2D eigenvalue weighted by atomic mass is 9.91. The van der Waals surface area contributed by atoms with Crippen LogP contribution in [-0.4, -0.2) is 12.6 Å². The summed E-state index contributed by atoms with van der Waals surface area (Å²) >= 11 is 0. The van der Waals surface area contributed by atoms with E-state index in [0.29, 0.717) is 18.4 Å². The Bertz CT molecular complexity index is 438. The normalized spacial score (nSPS) is 27.3. The minimum atomic E-state index is -0.325. The SMILES string of the molecule is C=CC(=O)OCC1(C)CC1[C@@H](C)c1ccccc1. The minimum Gasteiger partial charge on any atom is -0.462 e. The highest BCUT2D eigenvalue weighted by molar-refractivity contribution is 5.81. The van der Waals surface area contributed by atoms with E-state index in [1.807, 2.05) is 6.07 Å². The maximum atomic E-state index is 11.1. The molecule has 0 radical (unpaired) electrons. The summed E-state index contributed by atoms with van der Waals surface area (Å²) < 4.78 is 5.18. The number of esters is 1. The van der Waals surface area contributed by atoms with E-state index in [2.05, 4.69) is 44.7 Å². The van der Waals surface area contributed by atoms with Crippen molar-refractivity contribution in [2.45, 2.75) is 26.2 Å². The van der Waals surface area contributed by atoms with Crippen LogP contribution >= 0.6 is 0 Å². The van der Waals surface area contributed by atoms with Crippen LogP contribution in [-0.2, 0) is 9.53 Å². The molecule has 0 amide bonds. The Hall–Kier alpha value is -1.57. The van der Waals surface area contributed by atoms with Gasteiger partial charge in [0, 0.05) is 11.5 Å². The third-order valence-corrected chi connectivity index (χ3v) is 4.06. The van der Waals surface area contributed by atoms with Crippen molar-refractivity contribution < 1.29 is 9.53 Å². The van der Waals surface area contributed by atoms with Crippen molar-refractivity contribution in [2.75, 3.05) is 6.61 Å². The van der Waals surface area contributed by atoms with Crippen molar-refractivity contribution in [1.82, 2.24) is 0 Å². The van der Waals surface area contributed by atoms with Gasteiger partial charge in [0.15, 0.2) is 0 Å². The summed E-state index contributed by atoms with van der Waals surface area (Å²) in [4.78, 5) is 11.1. The summed E-state index contributed by atoms with van der Waals surface area (Å²) in [6, 6.07) is 10.5. The molecule has 0 N–H and O–H groups in total. The van der Waals surface area contributed by atoms with E-state index < -0.39 is 0 Å². The van der Waals surface area contributed by atoms with Gasteiger partial charge in [-0.3, -0.25) is 0 Å². The van der Waals surface area contributed by atoms with Crippen molar-refractivity contribution in [3.05, 3.63) is 48.6 Å². The largest absolute Gasteiger partial charge is 0.462 e. The van der Waals surface area contributed by atoms with Crippen LogP contribution in [0, 0.1) is 11.3 Å². The number of ether oxygens (including phenoxy) is 1. The van der Waals surface area contributed by atoms with Gasteiger partial charge in [-0.1, -0.05) is 50.8 Å². The van der Waals surface area contributed by atoms with Crippen LogP contribution in [0.4, 0.5) is 0 Å². The molecular weight excluding hydrogens is 224 g/mol. The predicted molar refractivity (Wildman–Crippen MR) is 72.2 cm³/mol. The smallest absolute Gasteiger partial charge is 0.330 e. The van der Waals surface area contributed by atoms with E-state index in [1.165, 1.54) is 11.6 Å². The summed E-state index contributed by atoms with van der Waals surface area (Å²) in [6.07, 6.45) is 2.34. The molecule has 0 aromatic heterocycles. The lowest BCUT2D eigenvalue weighted by Gasteiger charge is -2.16. The molecule has 1 aliphatic carbocycles. The zero-order valence-corrected chi connectivity index (χ0v) is 11.1. The van der Waals surface area contributed by atoms with Crippen molar-refractivity contribution in [2.24, 2.45) is 11.3 Å². The molecule has 18 heavy (non-hydrogen) atoms. The summed E-state index contributed by atoms with van der Waals surface area (Å²) in [7, 11) is 0. The lowest BCUT2D eigenvalue weighted by molar-refractivity contribution is -0.139. The molecule has 2 rings (SSSR count). The Morgan fingerprint density at radius 3 is 2.83 bits per heavy atom. The molecule has 2 unspecified atom stereocenters. The zero-order valence-electron chi connectivity index (χ0n) is 11.1. The number of carbonyl (C=O) groups excluding carboxylic acids is 1. The first-order valence-electron chi connectivity index (χ1n) is 6.41. The van der Waals surface area contributed by atoms with Crippen LogP contribution in [0.2, 0.25) is 0 Å². The highest BCUT2D eigenvalue weighted by Gasteiger charge is 2.53. The molecule has 3 atom stereocenters. The summed E-state index contributed by atoms with van der Waals surface area (Å²) in [5.41, 5.74) is 1.50. The van der Waals surface area contributed by atoms with Crippen LogP contribution in [0.15, 0.2) is 43.0 Å². The number of benzene rings is 1. The van der Waals surface area contributed by atoms with Gasteiger partial charge in [0.05, 0.1) is 6.61 Å². The molecule has 1 saturated carbocycles. The van der Waals surface area contributed by atoms with E-state index in [9.17, 15) is 4.79 Å². The molecule has 1 fully saturated rings. The van der Waals surface area contributed by atoms with Gasteiger partial charge in [0.25, 0.3) is 0 Å². The first kappa shape index (κ1) is 12.9. The first-order chi connectivity index (χ1) is 8.57. The second-order valence-corrected chi connectivity index (χ2v) is 5.48. The predicted octanol–water partition coefficient (Wildman–Crippen LogP) is 3.55. The van der Waals surface area contributed by atoms with Gasteiger partial charge in [0.1, 0.15) is 0 Å². The number of rotatable bonds is 5. The average Bonchev–Trinajstić information content (AvgIpc) is 3.09. The third-order valence-electron chi connectivity index (χ3n) is 4.06. The molecule has 1 aromatic carbocycles. The second kappa shape index (κ2) is 4.97. The lowest BCUT2D eigenvalue weighted by Crippen LogP contribution is -2.14. The number of hydrogen-bond donors (Lipinski definition) is 0. The Kier molecular flexibility index (Phi) is 3.55. The molecule has 0 heterocycles. The molecule has 0 saturated heterocycles. The van der Waals surface area contributed by atoms with Gasteiger partial charge in [0.2, 0.25) is 0 Å². The van der Waals surface area contributed by atoms with Crippen molar-refractivity contribution >= 4 is 5.97 Å². The van der Waals surface area contributed by atoms with E-state index in [1.54, 1.807) is 0 Å². The summed E-state index contributed by atoms with van der Waals surface area (Å²) in [5.74, 6) is 0.783. The Balaban J connectivity index is 1.93. The van der Waals surface area contributed by atoms with Gasteiger partial charge in [-0.2, -0.15) is 0 Å². The van der Waals surface area contributed by atoms with Crippen molar-refractivity contribution in [1.29, 1.82) is 0 Å². The summed E-state index contributed by atoms with van der Waals surface area (Å²) in [6.45, 7) is 8.35. The average molecular weight is 244 g/mol. The second-order valence-electron chi connectivity index (χ2n) is 5.48. The molecule has 0 bridgehead atoms. The van der Waals surface area contributed by atoms with Crippen LogP contribution in [0.1, 0.15) is 31.7 Å². The van der Waals surface area contributed by atoms with Crippen LogP contribution in [0.3, 0.4) is 0 Å². The van der Waals surface area contributed by atoms with E-state index in [-0.39, 0.29) is 11.4 Å². The monoisotopic (exact) mass is 244 g/mol. The molecule has 0 spiro atoms. The fourth-order valence-electron chi connectivity index (χ4n) is 2.67. The van der Waals surface area contributed by atoms with Gasteiger partial charge >= 0.3 is 5.97 Å². The van der Waals surface area contributed by atoms with Crippen LogP contribution in [0.5, 0.6) is 0 Å². The van der Waals surface area contributed by atoms with Gasteiger partial charge in [-0.05, 0) is 23.8 Å². The maximum Gasteiger partial charge on any atom is 0.330 e. The zero-order chi connectivity index (χ0) is 13.2. The van der Waals surface area contributed by atoms with Crippen LogP contribution < -0.4 is 0 Å². The highest BCUT2D eigenvalue weighted by Crippen LogP contribution is 2.58. The fraction of sp³-hybridized carbons (Fsp3) is 0.438. The standard InChI is InChI=1S/C16H20O2/c1-4-15(17)18-11-16(3)10-14(16)12(2)13-8-6-5-7-9-13/h4-9,12,14H,1,10-11H2,2-3H3/t12-,14?,16?/m0/s1. The third kappa shape index (κ3) is 2.63. The Labute approximate surface area is 109 Å². The van der Waals surface area contributed by atoms with Gasteiger partial charge < -0.3 is 4.74 Å². The van der Waals surface area contributed by atoms with Gasteiger partial charge in [-0.15, -0.1) is 0 Å². The molecule has 1 aromatic rings. The van der Waals surface area contributed by atoms with E-state index >= 15 is 0 Å². The quantitative estimate of drug-likeness (QED) is 0.585. The molecule has 2 nitrogen and oxygen atoms in total. The Morgan fingerprint density at radius 1 is 1.56 bits per heavy atom. The summed E-state index contributed by atoms with van der Waals surface area (Å²) in [5, 5.41) is 0. The maximum absolute atomic E-state index is 11.1. The highest BCUT2D eigenvalue weighted by atomic mass is 16.5. The molecule has 96 valence electrons. The topological polar surface area (TPSA) is 26.3 Å². The van der Waals surface area contributed by atoms with Crippen molar-refractivity contribution in [3.8, 4) is 0 Å². The first-order valence-corrected chi connectivity index (χ1v) is 6.41. The van der Waals surface area contributed by atoms with E-state index in [4.69, 9.17) is 4.74 Å².